The Labute approximate surface area is 184 Å². The fourth-order valence-electron chi connectivity index (χ4n) is 4.12. The minimum absolute atomic E-state index is 0.133. The molecule has 2 amide bonds. The van der Waals surface area contributed by atoms with Crippen LogP contribution >= 0.6 is 11.3 Å². The first kappa shape index (κ1) is 21.5. The van der Waals surface area contributed by atoms with Crippen LogP contribution in [-0.4, -0.2) is 48.1 Å². The smallest absolute Gasteiger partial charge is 0.267 e. The summed E-state index contributed by atoms with van der Waals surface area (Å²) in [5.74, 6) is -0.875. The lowest BCUT2D eigenvalue weighted by Gasteiger charge is -2.32. The van der Waals surface area contributed by atoms with Crippen molar-refractivity contribution in [1.29, 1.82) is 0 Å². The third kappa shape index (κ3) is 5.29. The highest BCUT2D eigenvalue weighted by atomic mass is 32.1. The minimum atomic E-state index is -0.762. The Bertz CT molecular complexity index is 947. The summed E-state index contributed by atoms with van der Waals surface area (Å²) in [6.07, 6.45) is 2.31. The number of primary amides is 1. The van der Waals surface area contributed by atoms with Crippen molar-refractivity contribution in [2.75, 3.05) is 24.6 Å². The van der Waals surface area contributed by atoms with Gasteiger partial charge in [-0.3, -0.25) is 19.5 Å². The molecule has 3 N–H and O–H groups in total. The topological polar surface area (TPSA) is 91.0 Å². The Morgan fingerprint density at radius 2 is 2.06 bits per heavy atom. The molecule has 9 heteroatoms. The van der Waals surface area contributed by atoms with Crippen LogP contribution in [0, 0.1) is 11.7 Å². The molecular weight excluding hydrogens is 417 g/mol. The standard InChI is InChI=1S/C22H26FN5O2S/c23-16-5-7-17(8-6-16)28-20(21(24)29)11-19(26-28)22(30)25-12-15-3-1-9-27(13-15)14-18-4-2-10-31-18/h2,4-8,10,15,20H,1,3,9,11-14H2,(H2,24,29)(H,25,30). The van der Waals surface area contributed by atoms with Crippen LogP contribution in [0.2, 0.25) is 0 Å². The summed E-state index contributed by atoms with van der Waals surface area (Å²) in [6, 6.07) is 9.05. The molecule has 1 aromatic heterocycles. The van der Waals surface area contributed by atoms with Crippen molar-refractivity contribution in [2.45, 2.75) is 31.8 Å². The number of rotatable bonds is 7. The molecule has 0 aliphatic carbocycles. The SMILES string of the molecule is NC(=O)C1CC(C(=O)NCC2CCCN(Cc3cccs3)C2)=NN1c1ccc(F)cc1. The average molecular weight is 444 g/mol. The lowest BCUT2D eigenvalue weighted by Crippen LogP contribution is -2.42. The van der Waals surface area contributed by atoms with Gasteiger partial charge in [0, 0.05) is 30.9 Å². The summed E-state index contributed by atoms with van der Waals surface area (Å²) in [7, 11) is 0. The van der Waals surface area contributed by atoms with Gasteiger partial charge in [-0.15, -0.1) is 11.3 Å². The maximum Gasteiger partial charge on any atom is 0.267 e. The van der Waals surface area contributed by atoms with E-state index in [1.165, 1.54) is 34.2 Å². The molecule has 1 aromatic carbocycles. The summed E-state index contributed by atoms with van der Waals surface area (Å²) < 4.78 is 13.2. The summed E-state index contributed by atoms with van der Waals surface area (Å²) in [5.41, 5.74) is 6.30. The zero-order valence-corrected chi connectivity index (χ0v) is 18.0. The summed E-state index contributed by atoms with van der Waals surface area (Å²) in [4.78, 5) is 28.4. The number of nitrogens with one attached hydrogen (secondary N) is 1. The zero-order valence-electron chi connectivity index (χ0n) is 17.2. The van der Waals surface area contributed by atoms with Gasteiger partial charge in [0.15, 0.2) is 0 Å². The monoisotopic (exact) mass is 443 g/mol. The number of nitrogens with two attached hydrogens (primary N) is 1. The number of piperidine rings is 1. The first-order valence-electron chi connectivity index (χ1n) is 10.4. The number of hydrogen-bond donors (Lipinski definition) is 2. The van der Waals surface area contributed by atoms with Crippen molar-refractivity contribution in [3.8, 4) is 0 Å². The molecule has 2 aromatic rings. The number of hydrazone groups is 1. The van der Waals surface area contributed by atoms with Crippen molar-refractivity contribution >= 4 is 34.6 Å². The molecule has 2 atom stereocenters. The summed E-state index contributed by atoms with van der Waals surface area (Å²) in [6.45, 7) is 3.52. The molecule has 1 fully saturated rings. The predicted octanol–water partition coefficient (Wildman–Crippen LogP) is 2.34. The third-order valence-corrected chi connectivity index (χ3v) is 6.57. The van der Waals surface area contributed by atoms with Crippen LogP contribution in [0.4, 0.5) is 10.1 Å². The maximum atomic E-state index is 13.2. The lowest BCUT2D eigenvalue weighted by atomic mass is 9.97. The average Bonchev–Trinajstić information content (AvgIpc) is 3.43. The second-order valence-corrected chi connectivity index (χ2v) is 9.05. The van der Waals surface area contributed by atoms with E-state index in [0.29, 0.717) is 18.2 Å². The Morgan fingerprint density at radius 1 is 1.26 bits per heavy atom. The molecule has 31 heavy (non-hydrogen) atoms. The van der Waals surface area contributed by atoms with Crippen molar-refractivity contribution in [3.63, 3.8) is 0 Å². The maximum absolute atomic E-state index is 13.2. The molecular formula is C22H26FN5O2S. The van der Waals surface area contributed by atoms with Gasteiger partial charge in [-0.25, -0.2) is 4.39 Å². The van der Waals surface area contributed by atoms with Gasteiger partial charge in [-0.1, -0.05) is 6.07 Å². The molecule has 0 radical (unpaired) electrons. The quantitative estimate of drug-likeness (QED) is 0.687. The number of benzene rings is 1. The number of carbonyl (C=O) groups excluding carboxylic acids is 2. The van der Waals surface area contributed by atoms with Gasteiger partial charge in [0.2, 0.25) is 5.91 Å². The van der Waals surface area contributed by atoms with E-state index < -0.39 is 11.9 Å². The van der Waals surface area contributed by atoms with E-state index in [-0.39, 0.29) is 23.9 Å². The number of likely N-dealkylation sites (tertiary alicyclic amines) is 1. The van der Waals surface area contributed by atoms with E-state index in [9.17, 15) is 14.0 Å². The molecule has 3 heterocycles. The third-order valence-electron chi connectivity index (χ3n) is 5.71. The van der Waals surface area contributed by atoms with Crippen molar-refractivity contribution in [2.24, 2.45) is 16.8 Å². The number of amides is 2. The van der Waals surface area contributed by atoms with Gasteiger partial charge in [0.25, 0.3) is 5.91 Å². The van der Waals surface area contributed by atoms with Gasteiger partial charge in [0.05, 0.1) is 5.69 Å². The minimum Gasteiger partial charge on any atom is -0.368 e. The second-order valence-electron chi connectivity index (χ2n) is 8.02. The highest BCUT2D eigenvalue weighted by Gasteiger charge is 2.35. The molecule has 0 saturated carbocycles. The van der Waals surface area contributed by atoms with Crippen molar-refractivity contribution < 1.29 is 14.0 Å². The molecule has 2 unspecified atom stereocenters. The van der Waals surface area contributed by atoms with Crippen molar-refractivity contribution in [3.05, 3.63) is 52.5 Å². The first-order valence-corrected chi connectivity index (χ1v) is 11.3. The van der Waals surface area contributed by atoms with E-state index in [0.717, 1.165) is 32.5 Å². The van der Waals surface area contributed by atoms with E-state index in [1.807, 2.05) is 0 Å². The van der Waals surface area contributed by atoms with Crippen LogP contribution in [0.5, 0.6) is 0 Å². The number of thiophene rings is 1. The molecule has 1 saturated heterocycles. The second kappa shape index (κ2) is 9.57. The molecule has 7 nitrogen and oxygen atoms in total. The molecule has 2 aliphatic heterocycles. The van der Waals surface area contributed by atoms with Gasteiger partial charge < -0.3 is 11.1 Å². The molecule has 2 aliphatic rings. The van der Waals surface area contributed by atoms with Gasteiger partial charge in [-0.2, -0.15) is 5.10 Å². The number of nitrogens with zero attached hydrogens (tertiary/aromatic N) is 3. The van der Waals surface area contributed by atoms with Crippen molar-refractivity contribution in [1.82, 2.24) is 10.2 Å². The van der Waals surface area contributed by atoms with Gasteiger partial charge in [-0.05, 0) is 61.0 Å². The van der Waals surface area contributed by atoms with Gasteiger partial charge >= 0.3 is 0 Å². The Kier molecular flexibility index (Phi) is 6.62. The highest BCUT2D eigenvalue weighted by Crippen LogP contribution is 2.25. The Balaban J connectivity index is 1.35. The van der Waals surface area contributed by atoms with E-state index in [2.05, 4.69) is 32.8 Å². The van der Waals surface area contributed by atoms with Crippen LogP contribution in [-0.2, 0) is 16.1 Å². The number of carbonyl (C=O) groups is 2. The molecule has 164 valence electrons. The van der Waals surface area contributed by atoms with Crippen LogP contribution in [0.15, 0.2) is 46.9 Å². The van der Waals surface area contributed by atoms with Crippen LogP contribution in [0.1, 0.15) is 24.1 Å². The van der Waals surface area contributed by atoms with Crippen LogP contribution in [0.25, 0.3) is 0 Å². The van der Waals surface area contributed by atoms with Gasteiger partial charge in [0.1, 0.15) is 17.6 Å². The molecule has 4 rings (SSSR count). The fraction of sp³-hybridized carbons (Fsp3) is 0.409. The normalized spacial score (nSPS) is 21.7. The van der Waals surface area contributed by atoms with E-state index in [1.54, 1.807) is 11.3 Å². The summed E-state index contributed by atoms with van der Waals surface area (Å²) in [5, 5.41) is 10.8. The zero-order chi connectivity index (χ0) is 21.8. The van der Waals surface area contributed by atoms with E-state index >= 15 is 0 Å². The molecule has 0 bridgehead atoms. The van der Waals surface area contributed by atoms with E-state index in [4.69, 9.17) is 5.73 Å². The summed E-state index contributed by atoms with van der Waals surface area (Å²) >= 11 is 1.76. The van der Waals surface area contributed by atoms with Crippen LogP contribution < -0.4 is 16.1 Å². The lowest BCUT2D eigenvalue weighted by molar-refractivity contribution is -0.119. The largest absolute Gasteiger partial charge is 0.368 e. The number of anilines is 1. The first-order chi connectivity index (χ1) is 15.0. The molecule has 0 spiro atoms. The highest BCUT2D eigenvalue weighted by molar-refractivity contribution is 7.09. The Hall–Kier alpha value is -2.78. The fourth-order valence-corrected chi connectivity index (χ4v) is 4.87. The van der Waals surface area contributed by atoms with Crippen LogP contribution in [0.3, 0.4) is 0 Å². The number of hydrogen-bond acceptors (Lipinski definition) is 6. The predicted molar refractivity (Wildman–Crippen MR) is 119 cm³/mol. The number of halogens is 1. The Morgan fingerprint density at radius 3 is 2.77 bits per heavy atom.